The molecule has 0 unspecified atom stereocenters. The van der Waals surface area contributed by atoms with E-state index in [1.807, 2.05) is 36.4 Å². The number of esters is 1. The third-order valence-electron chi connectivity index (χ3n) is 5.32. The number of methoxy groups -OCH3 is 1. The molecule has 1 atom stereocenters. The van der Waals surface area contributed by atoms with E-state index in [0.717, 1.165) is 27.6 Å². The average Bonchev–Trinajstić information content (AvgIpc) is 3.08. The molecule has 0 spiro atoms. The van der Waals surface area contributed by atoms with Gasteiger partial charge in [-0.2, -0.15) is 0 Å². The van der Waals surface area contributed by atoms with Crippen molar-refractivity contribution in [2.75, 3.05) is 19.0 Å². The van der Waals surface area contributed by atoms with E-state index in [1.165, 1.54) is 6.08 Å². The molecule has 3 aromatic rings. The molecule has 0 saturated heterocycles. The van der Waals surface area contributed by atoms with E-state index in [9.17, 15) is 14.4 Å². The minimum absolute atomic E-state index is 0.0935. The van der Waals surface area contributed by atoms with Crippen LogP contribution in [0.25, 0.3) is 16.8 Å². The minimum atomic E-state index is -0.602. The van der Waals surface area contributed by atoms with Crippen molar-refractivity contribution in [3.05, 3.63) is 77.4 Å². The molecular weight excluding hydrogens is 394 g/mol. The number of rotatable bonds is 6. The Morgan fingerprint density at radius 1 is 1.03 bits per heavy atom. The molecule has 0 fully saturated rings. The lowest BCUT2D eigenvalue weighted by atomic mass is 9.99. The van der Waals surface area contributed by atoms with E-state index in [-0.39, 0.29) is 24.2 Å². The number of ketones is 1. The van der Waals surface area contributed by atoms with Gasteiger partial charge in [0.25, 0.3) is 0 Å². The van der Waals surface area contributed by atoms with Gasteiger partial charge in [-0.15, -0.1) is 0 Å². The van der Waals surface area contributed by atoms with Gasteiger partial charge in [-0.1, -0.05) is 18.2 Å². The Bertz CT molecular complexity index is 1230. The predicted octanol–water partition coefficient (Wildman–Crippen LogP) is 4.34. The number of carbonyl (C=O) groups excluding carboxylic acids is 3. The van der Waals surface area contributed by atoms with Gasteiger partial charge in [0.05, 0.1) is 13.0 Å². The van der Waals surface area contributed by atoms with Crippen molar-refractivity contribution in [3.63, 3.8) is 0 Å². The van der Waals surface area contributed by atoms with E-state index in [2.05, 4.69) is 5.32 Å². The first kappa shape index (κ1) is 20.3. The molecular formula is C25H21NO5. The maximum atomic E-state index is 12.4. The summed E-state index contributed by atoms with van der Waals surface area (Å²) in [6, 6.07) is 16.5. The fourth-order valence-electron chi connectivity index (χ4n) is 3.50. The van der Waals surface area contributed by atoms with Crippen molar-refractivity contribution < 1.29 is 23.9 Å². The molecule has 0 bridgehead atoms. The highest BCUT2D eigenvalue weighted by Gasteiger charge is 2.27. The molecule has 31 heavy (non-hydrogen) atoms. The van der Waals surface area contributed by atoms with Gasteiger partial charge >= 0.3 is 5.97 Å². The van der Waals surface area contributed by atoms with E-state index in [0.29, 0.717) is 11.3 Å². The fraction of sp³-hybridized carbons (Fsp3) is 0.160. The molecule has 3 aromatic carbocycles. The van der Waals surface area contributed by atoms with Crippen molar-refractivity contribution in [1.82, 2.24) is 0 Å². The van der Waals surface area contributed by atoms with Crippen LogP contribution in [0.5, 0.6) is 5.75 Å². The van der Waals surface area contributed by atoms with Crippen LogP contribution in [-0.4, -0.2) is 31.4 Å². The molecule has 4 rings (SSSR count). The van der Waals surface area contributed by atoms with E-state index >= 15 is 0 Å². The van der Waals surface area contributed by atoms with Gasteiger partial charge in [0.2, 0.25) is 5.91 Å². The quantitative estimate of drug-likeness (QED) is 0.368. The lowest BCUT2D eigenvalue weighted by molar-refractivity contribution is -0.136. The summed E-state index contributed by atoms with van der Waals surface area (Å²) in [4.78, 5) is 36.2. The average molecular weight is 415 g/mol. The topological polar surface area (TPSA) is 81.7 Å². The van der Waals surface area contributed by atoms with E-state index in [1.54, 1.807) is 38.3 Å². The van der Waals surface area contributed by atoms with Crippen molar-refractivity contribution in [1.29, 1.82) is 0 Å². The highest BCUT2D eigenvalue weighted by molar-refractivity contribution is 6.05. The zero-order valence-electron chi connectivity index (χ0n) is 17.2. The number of carbonyl (C=O) groups is 3. The largest absolute Gasteiger partial charge is 0.497 e. The third-order valence-corrected chi connectivity index (χ3v) is 5.32. The zero-order valence-corrected chi connectivity index (χ0v) is 17.2. The van der Waals surface area contributed by atoms with Crippen LogP contribution in [0.1, 0.15) is 34.3 Å². The first-order valence-electron chi connectivity index (χ1n) is 9.85. The van der Waals surface area contributed by atoms with E-state index in [4.69, 9.17) is 9.47 Å². The Morgan fingerprint density at radius 2 is 1.81 bits per heavy atom. The number of ether oxygens (including phenoxy) is 2. The highest BCUT2D eigenvalue weighted by Crippen LogP contribution is 2.32. The normalized spacial score (nSPS) is 15.0. The molecule has 1 amide bonds. The molecule has 1 N–H and O–H groups in total. The van der Waals surface area contributed by atoms with Crippen molar-refractivity contribution in [3.8, 4) is 5.75 Å². The number of amides is 1. The Balaban J connectivity index is 1.37. The van der Waals surface area contributed by atoms with Gasteiger partial charge < -0.3 is 14.8 Å². The Morgan fingerprint density at radius 3 is 2.61 bits per heavy atom. The summed E-state index contributed by atoms with van der Waals surface area (Å²) in [7, 11) is 1.62. The molecule has 0 saturated carbocycles. The Labute approximate surface area is 179 Å². The summed E-state index contributed by atoms with van der Waals surface area (Å²) in [6.07, 6.45) is 2.94. The number of hydrogen-bond donors (Lipinski definition) is 1. The smallest absolute Gasteiger partial charge is 0.331 e. The number of Topliss-reactive ketones (excluding diaryl/α,β-unsaturated/α-hetero) is 1. The molecule has 0 aliphatic carbocycles. The molecule has 6 nitrogen and oxygen atoms in total. The van der Waals surface area contributed by atoms with Crippen LogP contribution in [-0.2, 0) is 14.3 Å². The lowest BCUT2D eigenvalue weighted by Crippen LogP contribution is -2.13. The first-order valence-corrected chi connectivity index (χ1v) is 9.85. The second-order valence-electron chi connectivity index (χ2n) is 7.35. The van der Waals surface area contributed by atoms with Crippen molar-refractivity contribution >= 4 is 40.2 Å². The van der Waals surface area contributed by atoms with Gasteiger partial charge in [-0.05, 0) is 71.3 Å². The van der Waals surface area contributed by atoms with Crippen molar-refractivity contribution in [2.45, 2.75) is 12.8 Å². The van der Waals surface area contributed by atoms with Gasteiger partial charge in [0.15, 0.2) is 12.4 Å². The van der Waals surface area contributed by atoms with Crippen LogP contribution in [0, 0.1) is 0 Å². The monoisotopic (exact) mass is 415 g/mol. The van der Waals surface area contributed by atoms with Gasteiger partial charge in [0.1, 0.15) is 5.75 Å². The number of nitrogens with one attached hydrogen (secondary N) is 1. The molecule has 1 aliphatic rings. The Kier molecular flexibility index (Phi) is 5.54. The van der Waals surface area contributed by atoms with Gasteiger partial charge in [0, 0.05) is 17.3 Å². The summed E-state index contributed by atoms with van der Waals surface area (Å²) in [5.41, 5.74) is 2.73. The highest BCUT2D eigenvalue weighted by atomic mass is 16.5. The second-order valence-corrected chi connectivity index (χ2v) is 7.35. The SMILES string of the molecule is COc1ccc2cc(/C=C/C(=O)OCC(=O)c3ccc4c(c3)[C@H](C)C(=O)N4)ccc2c1. The van der Waals surface area contributed by atoms with Crippen LogP contribution in [0.2, 0.25) is 0 Å². The maximum Gasteiger partial charge on any atom is 0.331 e. The third kappa shape index (κ3) is 4.33. The van der Waals surface area contributed by atoms with Crippen LogP contribution >= 0.6 is 0 Å². The maximum absolute atomic E-state index is 12.4. The van der Waals surface area contributed by atoms with Crippen LogP contribution < -0.4 is 10.1 Å². The van der Waals surface area contributed by atoms with Crippen molar-refractivity contribution in [2.24, 2.45) is 0 Å². The molecule has 1 aliphatic heterocycles. The number of hydrogen-bond acceptors (Lipinski definition) is 5. The molecule has 0 radical (unpaired) electrons. The van der Waals surface area contributed by atoms with Gasteiger partial charge in [-0.3, -0.25) is 9.59 Å². The molecule has 1 heterocycles. The summed E-state index contributed by atoms with van der Waals surface area (Å²) in [6.45, 7) is 1.42. The zero-order chi connectivity index (χ0) is 22.0. The summed E-state index contributed by atoms with van der Waals surface area (Å²) in [5, 5.41) is 4.81. The number of fused-ring (bicyclic) bond motifs is 2. The van der Waals surface area contributed by atoms with E-state index < -0.39 is 5.97 Å². The molecule has 0 aromatic heterocycles. The summed E-state index contributed by atoms with van der Waals surface area (Å²) >= 11 is 0. The summed E-state index contributed by atoms with van der Waals surface area (Å²) < 4.78 is 10.3. The lowest BCUT2D eigenvalue weighted by Gasteiger charge is -2.06. The first-order chi connectivity index (χ1) is 14.9. The van der Waals surface area contributed by atoms with Gasteiger partial charge in [-0.25, -0.2) is 4.79 Å². The fourth-order valence-corrected chi connectivity index (χ4v) is 3.50. The van der Waals surface area contributed by atoms with Crippen LogP contribution in [0.3, 0.4) is 0 Å². The minimum Gasteiger partial charge on any atom is -0.497 e. The number of anilines is 1. The van der Waals surface area contributed by atoms with Crippen LogP contribution in [0.15, 0.2) is 60.7 Å². The predicted molar refractivity (Wildman–Crippen MR) is 118 cm³/mol. The summed E-state index contributed by atoms with van der Waals surface area (Å²) in [5.74, 6) is -0.546. The number of benzene rings is 3. The molecule has 6 heteroatoms. The second kappa shape index (κ2) is 8.44. The molecule has 156 valence electrons. The standard InChI is InChI=1S/C25H21NO5/c1-15-21-13-19(7-9-22(21)26-25(15)29)23(27)14-31-24(28)10-4-16-3-5-18-12-20(30-2)8-6-17(18)11-16/h3-13,15H,14H2,1-2H3,(H,26,29)/b10-4+/t15-/m0/s1. The Hall–Kier alpha value is -3.93. The van der Waals surface area contributed by atoms with Crippen LogP contribution in [0.4, 0.5) is 5.69 Å².